The molecule has 2 N–H and O–H groups in total. The third kappa shape index (κ3) is 3.81. The molecule has 0 fully saturated rings. The van der Waals surface area contributed by atoms with Crippen LogP contribution in [-0.2, 0) is 0 Å². The van der Waals surface area contributed by atoms with E-state index in [1.54, 1.807) is 6.92 Å². The van der Waals surface area contributed by atoms with Gasteiger partial charge in [-0.25, -0.2) is 0 Å². The van der Waals surface area contributed by atoms with Crippen molar-refractivity contribution in [1.29, 1.82) is 0 Å². The van der Waals surface area contributed by atoms with Crippen molar-refractivity contribution < 1.29 is 10.2 Å². The Hall–Kier alpha value is 0.790. The maximum atomic E-state index is 9.25. The topological polar surface area (TPSA) is 40.5 Å². The van der Waals surface area contributed by atoms with E-state index >= 15 is 0 Å². The number of hydrogen-bond donors (Lipinski definition) is 2. The molecule has 0 saturated carbocycles. The van der Waals surface area contributed by atoms with Gasteiger partial charge >= 0.3 is 0 Å². The van der Waals surface area contributed by atoms with Crippen LogP contribution in [0.2, 0.25) is 0 Å². The Morgan fingerprint density at radius 3 is 2.00 bits per heavy atom. The molecule has 0 spiro atoms. The first-order chi connectivity index (χ1) is 5.00. The minimum atomic E-state index is -0.976. The first kappa shape index (κ1) is 11.8. The summed E-state index contributed by atoms with van der Waals surface area (Å²) >= 11 is 16.8. The molecule has 0 aromatic rings. The summed E-state index contributed by atoms with van der Waals surface area (Å²) in [6, 6.07) is 0. The smallest absolute Gasteiger partial charge is 0.0903 e. The first-order valence-electron chi connectivity index (χ1n) is 3.21. The predicted octanol–water partition coefficient (Wildman–Crippen LogP) is 1.18. The van der Waals surface area contributed by atoms with E-state index < -0.39 is 16.9 Å². The quantitative estimate of drug-likeness (QED) is 0.700. The van der Waals surface area contributed by atoms with Gasteiger partial charge in [-0.3, -0.25) is 0 Å². The molecule has 0 aliphatic rings. The van der Waals surface area contributed by atoms with Crippen LogP contribution >= 0.6 is 34.8 Å². The fourth-order valence-electron chi connectivity index (χ4n) is 0.579. The molecule has 68 valence electrons. The Morgan fingerprint density at radius 2 is 1.73 bits per heavy atom. The van der Waals surface area contributed by atoms with Crippen molar-refractivity contribution in [2.75, 3.05) is 6.61 Å². The van der Waals surface area contributed by atoms with Crippen LogP contribution in [0.25, 0.3) is 0 Å². The molecule has 0 aromatic heterocycles. The molecule has 0 rings (SSSR count). The molecule has 11 heavy (non-hydrogen) atoms. The Kier molecular flexibility index (Phi) is 5.83. The average molecular weight is 222 g/mol. The zero-order chi connectivity index (χ0) is 9.02. The maximum absolute atomic E-state index is 9.25. The molecule has 0 heterocycles. The number of alkyl halides is 3. The van der Waals surface area contributed by atoms with Crippen molar-refractivity contribution in [1.82, 2.24) is 0 Å². The van der Waals surface area contributed by atoms with Gasteiger partial charge in [-0.05, 0) is 6.92 Å². The van der Waals surface area contributed by atoms with Crippen LogP contribution in [-0.4, -0.2) is 39.1 Å². The second-order valence-electron chi connectivity index (χ2n) is 2.31. The second kappa shape index (κ2) is 5.44. The van der Waals surface area contributed by atoms with Crippen LogP contribution in [0.15, 0.2) is 0 Å². The van der Waals surface area contributed by atoms with Gasteiger partial charge in [0.15, 0.2) is 0 Å². The summed E-state index contributed by atoms with van der Waals surface area (Å²) in [5.74, 6) is 0. The minimum Gasteiger partial charge on any atom is -0.395 e. The van der Waals surface area contributed by atoms with Crippen LogP contribution in [0.5, 0.6) is 0 Å². The van der Waals surface area contributed by atoms with Gasteiger partial charge < -0.3 is 10.2 Å². The van der Waals surface area contributed by atoms with E-state index in [4.69, 9.17) is 39.9 Å². The van der Waals surface area contributed by atoms with Gasteiger partial charge in [0.1, 0.15) is 0 Å². The molecule has 0 aromatic carbocycles. The monoisotopic (exact) mass is 220 g/mol. The SMILES string of the molecule is C[C@H](Cl)[C@H](Cl)[C@H](O)[C@H](Cl)CO. The first-order valence-corrected chi connectivity index (χ1v) is 4.52. The molecular weight excluding hydrogens is 210 g/mol. The molecular formula is C6H11Cl3O2. The van der Waals surface area contributed by atoms with Crippen molar-refractivity contribution in [3.05, 3.63) is 0 Å². The van der Waals surface area contributed by atoms with E-state index in [9.17, 15) is 5.11 Å². The van der Waals surface area contributed by atoms with Crippen LogP contribution < -0.4 is 0 Å². The van der Waals surface area contributed by atoms with Crippen molar-refractivity contribution in [2.45, 2.75) is 29.2 Å². The van der Waals surface area contributed by atoms with E-state index in [1.165, 1.54) is 0 Å². The highest BCUT2D eigenvalue weighted by atomic mass is 35.5. The lowest BCUT2D eigenvalue weighted by Gasteiger charge is -2.21. The number of hydrogen-bond acceptors (Lipinski definition) is 2. The van der Waals surface area contributed by atoms with Crippen LogP contribution in [0.4, 0.5) is 0 Å². The van der Waals surface area contributed by atoms with E-state index in [1.807, 2.05) is 0 Å². The standard InChI is InChI=1S/C6H11Cl3O2/c1-3(7)5(9)6(11)4(8)2-10/h3-6,10-11H,2H2,1H3/t3-,4+,5-,6+/m0/s1. The normalized spacial score (nSPS) is 22.4. The summed E-state index contributed by atoms with van der Waals surface area (Å²) in [4.78, 5) is 0. The summed E-state index contributed by atoms with van der Waals surface area (Å²) in [5, 5.41) is 16.0. The molecule has 0 radical (unpaired) electrons. The highest BCUT2D eigenvalue weighted by Gasteiger charge is 2.27. The summed E-state index contributed by atoms with van der Waals surface area (Å²) in [6.45, 7) is 1.35. The average Bonchev–Trinajstić information content (AvgIpc) is 2.00. The molecule has 0 amide bonds. The van der Waals surface area contributed by atoms with Gasteiger partial charge in [0.25, 0.3) is 0 Å². The Morgan fingerprint density at radius 1 is 1.27 bits per heavy atom. The lowest BCUT2D eigenvalue weighted by atomic mass is 10.1. The van der Waals surface area contributed by atoms with Gasteiger partial charge in [-0.1, -0.05) is 0 Å². The van der Waals surface area contributed by atoms with Gasteiger partial charge in [0.2, 0.25) is 0 Å². The number of halogens is 3. The molecule has 4 atom stereocenters. The summed E-state index contributed by atoms with van der Waals surface area (Å²) in [7, 11) is 0. The third-order valence-corrected chi connectivity index (χ3v) is 2.74. The van der Waals surface area contributed by atoms with E-state index in [0.717, 1.165) is 0 Å². The minimum absolute atomic E-state index is 0.310. The maximum Gasteiger partial charge on any atom is 0.0903 e. The Bertz CT molecular complexity index is 110. The Labute approximate surface area is 81.1 Å². The molecule has 2 nitrogen and oxygen atoms in total. The zero-order valence-electron chi connectivity index (χ0n) is 6.04. The molecule has 0 aliphatic carbocycles. The van der Waals surface area contributed by atoms with Crippen LogP contribution in [0.3, 0.4) is 0 Å². The van der Waals surface area contributed by atoms with Crippen molar-refractivity contribution >= 4 is 34.8 Å². The highest BCUT2D eigenvalue weighted by Crippen LogP contribution is 2.18. The number of rotatable bonds is 4. The summed E-state index contributed by atoms with van der Waals surface area (Å²) in [5.41, 5.74) is 0. The van der Waals surface area contributed by atoms with Gasteiger partial charge in [0.05, 0.1) is 23.5 Å². The van der Waals surface area contributed by atoms with E-state index in [0.29, 0.717) is 0 Å². The lowest BCUT2D eigenvalue weighted by molar-refractivity contribution is 0.133. The molecule has 0 bridgehead atoms. The summed E-state index contributed by atoms with van der Waals surface area (Å²) in [6.07, 6.45) is -0.976. The molecule has 0 aliphatic heterocycles. The molecule has 0 unspecified atom stereocenters. The van der Waals surface area contributed by atoms with Gasteiger partial charge in [0, 0.05) is 5.38 Å². The second-order valence-corrected chi connectivity index (χ2v) is 4.06. The molecule has 0 saturated heterocycles. The number of aliphatic hydroxyl groups is 2. The van der Waals surface area contributed by atoms with E-state index in [-0.39, 0.29) is 12.0 Å². The van der Waals surface area contributed by atoms with Crippen molar-refractivity contribution in [3.8, 4) is 0 Å². The third-order valence-electron chi connectivity index (χ3n) is 1.31. The van der Waals surface area contributed by atoms with E-state index in [2.05, 4.69) is 0 Å². The number of aliphatic hydroxyl groups excluding tert-OH is 2. The van der Waals surface area contributed by atoms with Crippen molar-refractivity contribution in [3.63, 3.8) is 0 Å². The highest BCUT2D eigenvalue weighted by molar-refractivity contribution is 6.31. The van der Waals surface area contributed by atoms with Crippen LogP contribution in [0.1, 0.15) is 6.92 Å². The van der Waals surface area contributed by atoms with Crippen LogP contribution in [0, 0.1) is 0 Å². The van der Waals surface area contributed by atoms with Gasteiger partial charge in [-0.15, -0.1) is 34.8 Å². The van der Waals surface area contributed by atoms with Gasteiger partial charge in [-0.2, -0.15) is 0 Å². The summed E-state index contributed by atoms with van der Waals surface area (Å²) < 4.78 is 0. The lowest BCUT2D eigenvalue weighted by Crippen LogP contribution is -2.37. The Balaban J connectivity index is 3.90. The predicted molar refractivity (Wildman–Crippen MR) is 47.7 cm³/mol. The molecule has 5 heteroatoms. The fraction of sp³-hybridized carbons (Fsp3) is 1.00. The zero-order valence-corrected chi connectivity index (χ0v) is 8.31. The van der Waals surface area contributed by atoms with Crippen molar-refractivity contribution in [2.24, 2.45) is 0 Å². The largest absolute Gasteiger partial charge is 0.395 e. The fourth-order valence-corrected chi connectivity index (χ4v) is 1.14.